The number of rotatable bonds is 6. The zero-order valence-corrected chi connectivity index (χ0v) is 20.5. The predicted octanol–water partition coefficient (Wildman–Crippen LogP) is 1.94. The number of piperidine rings is 1. The van der Waals surface area contributed by atoms with E-state index in [1.54, 1.807) is 35.2 Å². The molecular formula is C23H25N9O3S. The van der Waals surface area contributed by atoms with E-state index in [0.717, 1.165) is 24.1 Å². The summed E-state index contributed by atoms with van der Waals surface area (Å²) in [7, 11) is -3.19. The highest BCUT2D eigenvalue weighted by Gasteiger charge is 2.41. The molecule has 2 aliphatic rings. The van der Waals surface area contributed by atoms with Crippen molar-refractivity contribution < 1.29 is 13.2 Å². The molecule has 12 nitrogen and oxygen atoms in total. The topological polar surface area (TPSA) is 140 Å². The van der Waals surface area contributed by atoms with Crippen LogP contribution in [-0.2, 0) is 10.0 Å². The summed E-state index contributed by atoms with van der Waals surface area (Å²) in [4.78, 5) is 26.2. The lowest BCUT2D eigenvalue weighted by Gasteiger charge is -2.30. The van der Waals surface area contributed by atoms with E-state index in [1.165, 1.54) is 15.4 Å². The minimum Gasteiger partial charge on any atom is -0.306 e. The van der Waals surface area contributed by atoms with Gasteiger partial charge in [0.05, 0.1) is 17.1 Å². The average molecular weight is 508 g/mol. The van der Waals surface area contributed by atoms with Crippen LogP contribution in [0.1, 0.15) is 53.2 Å². The van der Waals surface area contributed by atoms with Gasteiger partial charge in [-0.15, -0.1) is 0 Å². The van der Waals surface area contributed by atoms with Gasteiger partial charge in [0.15, 0.2) is 5.65 Å². The van der Waals surface area contributed by atoms with E-state index < -0.39 is 10.0 Å². The van der Waals surface area contributed by atoms with Crippen LogP contribution in [0.3, 0.4) is 0 Å². The van der Waals surface area contributed by atoms with Gasteiger partial charge < -0.3 is 5.32 Å². The Morgan fingerprint density at radius 2 is 1.81 bits per heavy atom. The first-order chi connectivity index (χ1) is 17.4. The monoisotopic (exact) mass is 507 g/mol. The Morgan fingerprint density at radius 1 is 1.06 bits per heavy atom. The Labute approximate surface area is 207 Å². The first-order valence-electron chi connectivity index (χ1n) is 11.9. The quantitative estimate of drug-likeness (QED) is 0.418. The third kappa shape index (κ3) is 4.13. The minimum atomic E-state index is -3.19. The lowest BCUT2D eigenvalue weighted by Crippen LogP contribution is -2.39. The third-order valence-electron chi connectivity index (χ3n) is 6.63. The number of nitrogens with zero attached hydrogens (tertiary/aromatic N) is 8. The minimum absolute atomic E-state index is 0.0525. The number of aryl methyl sites for hydroxylation is 1. The van der Waals surface area contributed by atoms with Gasteiger partial charge in [0, 0.05) is 49.9 Å². The molecule has 36 heavy (non-hydrogen) atoms. The lowest BCUT2D eigenvalue weighted by atomic mass is 9.95. The molecule has 1 saturated heterocycles. The van der Waals surface area contributed by atoms with Crippen LogP contribution in [-0.4, -0.2) is 71.3 Å². The van der Waals surface area contributed by atoms with Crippen LogP contribution in [0.15, 0.2) is 43.1 Å². The second-order valence-electron chi connectivity index (χ2n) is 9.24. The molecule has 1 amide bonds. The summed E-state index contributed by atoms with van der Waals surface area (Å²) in [5, 5.41) is 11.6. The van der Waals surface area contributed by atoms with Crippen molar-refractivity contribution in [1.29, 1.82) is 0 Å². The van der Waals surface area contributed by atoms with Crippen LogP contribution in [0, 0.1) is 6.92 Å². The number of sulfonamides is 1. The van der Waals surface area contributed by atoms with E-state index in [-0.39, 0.29) is 17.1 Å². The number of hydrogen-bond acceptors (Lipinski definition) is 8. The van der Waals surface area contributed by atoms with Gasteiger partial charge in [-0.3, -0.25) is 4.79 Å². The van der Waals surface area contributed by atoms with Gasteiger partial charge in [-0.2, -0.15) is 14.9 Å². The van der Waals surface area contributed by atoms with Gasteiger partial charge in [-0.25, -0.2) is 32.2 Å². The van der Waals surface area contributed by atoms with Crippen molar-refractivity contribution in [3.05, 3.63) is 59.9 Å². The van der Waals surface area contributed by atoms with Crippen molar-refractivity contribution >= 4 is 27.4 Å². The smallest absolute Gasteiger partial charge is 0.262 e. The zero-order chi connectivity index (χ0) is 24.9. The second kappa shape index (κ2) is 8.75. The van der Waals surface area contributed by atoms with Gasteiger partial charge >= 0.3 is 0 Å². The van der Waals surface area contributed by atoms with Crippen LogP contribution in [0.4, 0.5) is 5.82 Å². The fraction of sp³-hybridized carbons (Fsp3) is 0.391. The van der Waals surface area contributed by atoms with Crippen LogP contribution < -0.4 is 5.32 Å². The van der Waals surface area contributed by atoms with Crippen molar-refractivity contribution in [3.8, 4) is 5.95 Å². The number of amides is 1. The van der Waals surface area contributed by atoms with Gasteiger partial charge in [0.1, 0.15) is 11.4 Å². The average Bonchev–Trinajstić information content (AvgIpc) is 3.55. The number of carbonyl (C=O) groups excluding carboxylic acids is 1. The van der Waals surface area contributed by atoms with E-state index >= 15 is 0 Å². The molecule has 4 aromatic rings. The van der Waals surface area contributed by atoms with Crippen LogP contribution >= 0.6 is 0 Å². The highest BCUT2D eigenvalue weighted by Crippen LogP contribution is 2.36. The number of nitrogens with one attached hydrogen (secondary N) is 1. The number of carbonyl (C=O) groups is 1. The van der Waals surface area contributed by atoms with Crippen molar-refractivity contribution in [2.75, 3.05) is 18.4 Å². The first-order valence-corrected chi connectivity index (χ1v) is 13.4. The Morgan fingerprint density at radius 3 is 2.53 bits per heavy atom. The van der Waals surface area contributed by atoms with E-state index in [2.05, 4.69) is 25.4 Å². The molecule has 0 radical (unpaired) electrons. The lowest BCUT2D eigenvalue weighted by molar-refractivity contribution is 0.102. The SMILES string of the molecule is Cc1cnc(-n2nc(C3CCN(S(=O)(=O)C4CC4)CC3)cc2NC(=O)c2cnn3cccnc23)nc1. The number of fused-ring (bicyclic) bond motifs is 1. The number of hydrogen-bond donors (Lipinski definition) is 1. The van der Waals surface area contributed by atoms with Crippen molar-refractivity contribution in [2.45, 2.75) is 43.8 Å². The van der Waals surface area contributed by atoms with Gasteiger partial charge in [0.25, 0.3) is 11.9 Å². The molecule has 0 bridgehead atoms. The normalized spacial score (nSPS) is 17.5. The van der Waals surface area contributed by atoms with Crippen molar-refractivity contribution in [3.63, 3.8) is 0 Å². The van der Waals surface area contributed by atoms with Crippen LogP contribution in [0.25, 0.3) is 11.6 Å². The van der Waals surface area contributed by atoms with E-state index in [1.807, 2.05) is 13.0 Å². The molecular weight excluding hydrogens is 482 g/mol. The molecule has 1 saturated carbocycles. The maximum atomic E-state index is 13.2. The van der Waals surface area contributed by atoms with E-state index in [9.17, 15) is 13.2 Å². The fourth-order valence-corrected chi connectivity index (χ4v) is 6.36. The maximum Gasteiger partial charge on any atom is 0.262 e. The fourth-order valence-electron chi connectivity index (χ4n) is 4.49. The summed E-state index contributed by atoms with van der Waals surface area (Å²) in [5.74, 6) is 0.418. The Balaban J connectivity index is 1.28. The maximum absolute atomic E-state index is 13.2. The molecule has 6 rings (SSSR count). The third-order valence-corrected chi connectivity index (χ3v) is 9.03. The molecule has 0 atom stereocenters. The molecule has 1 aliphatic heterocycles. The summed E-state index contributed by atoms with van der Waals surface area (Å²) in [6, 6.07) is 3.55. The van der Waals surface area contributed by atoms with Gasteiger partial charge in [-0.05, 0) is 44.2 Å². The largest absolute Gasteiger partial charge is 0.306 e. The summed E-state index contributed by atoms with van der Waals surface area (Å²) in [6.45, 7) is 2.82. The molecule has 4 aromatic heterocycles. The predicted molar refractivity (Wildman–Crippen MR) is 130 cm³/mol. The molecule has 0 aromatic carbocycles. The summed E-state index contributed by atoms with van der Waals surface area (Å²) in [5.41, 5.74) is 2.43. The summed E-state index contributed by atoms with van der Waals surface area (Å²) in [6.07, 6.45) is 11.0. The molecule has 5 heterocycles. The summed E-state index contributed by atoms with van der Waals surface area (Å²) < 4.78 is 29.9. The molecule has 0 unspecified atom stereocenters. The number of anilines is 1. The Kier molecular flexibility index (Phi) is 5.52. The van der Waals surface area contributed by atoms with Crippen molar-refractivity contribution in [2.24, 2.45) is 0 Å². The molecule has 0 spiro atoms. The number of aromatic nitrogens is 7. The van der Waals surface area contributed by atoms with Crippen LogP contribution in [0.2, 0.25) is 0 Å². The molecule has 1 N–H and O–H groups in total. The Bertz CT molecular complexity index is 1530. The van der Waals surface area contributed by atoms with Gasteiger partial charge in [-0.1, -0.05) is 0 Å². The highest BCUT2D eigenvalue weighted by atomic mass is 32.2. The van der Waals surface area contributed by atoms with E-state index in [4.69, 9.17) is 5.10 Å². The summed E-state index contributed by atoms with van der Waals surface area (Å²) >= 11 is 0. The molecule has 13 heteroatoms. The Hall–Kier alpha value is -3.71. The van der Waals surface area contributed by atoms with Crippen LogP contribution in [0.5, 0.6) is 0 Å². The van der Waals surface area contributed by atoms with E-state index in [0.29, 0.717) is 48.9 Å². The highest BCUT2D eigenvalue weighted by molar-refractivity contribution is 7.90. The van der Waals surface area contributed by atoms with Gasteiger partial charge in [0.2, 0.25) is 10.0 Å². The molecule has 2 fully saturated rings. The molecule has 1 aliphatic carbocycles. The first kappa shape index (κ1) is 22.7. The molecule has 186 valence electrons. The second-order valence-corrected chi connectivity index (χ2v) is 11.5. The van der Waals surface area contributed by atoms with Crippen molar-refractivity contribution in [1.82, 2.24) is 38.7 Å². The zero-order valence-electron chi connectivity index (χ0n) is 19.6. The standard InChI is InChI=1S/C23H25N9O3S/c1-15-12-25-23(26-13-15)32-20(28-22(33)18-14-27-31-8-2-7-24-21(18)31)11-19(29-32)16-5-9-30(10-6-16)36(34,35)17-3-4-17/h2,7-8,11-14,16-17H,3-6,9-10H2,1H3,(H,28,33).